The summed E-state index contributed by atoms with van der Waals surface area (Å²) in [5, 5.41) is 4.25. The van der Waals surface area contributed by atoms with Crippen LogP contribution in [0.25, 0.3) is 100 Å². The highest BCUT2D eigenvalue weighted by Gasteiger charge is 2.21. The van der Waals surface area contributed by atoms with Crippen molar-refractivity contribution in [3.63, 3.8) is 0 Å². The van der Waals surface area contributed by atoms with Crippen LogP contribution in [0.3, 0.4) is 0 Å². The molecule has 296 valence electrons. The first-order valence-electron chi connectivity index (χ1n) is 21.1. The third kappa shape index (κ3) is 6.51. The summed E-state index contributed by atoms with van der Waals surface area (Å²) in [6.45, 7) is 0. The van der Waals surface area contributed by atoms with Gasteiger partial charge in [0.2, 0.25) is 0 Å². The van der Waals surface area contributed by atoms with Crippen molar-refractivity contribution in [3.05, 3.63) is 224 Å². The van der Waals surface area contributed by atoms with E-state index < -0.39 is 0 Å². The zero-order valence-corrected chi connectivity index (χ0v) is 34.0. The zero-order chi connectivity index (χ0) is 41.7. The number of hydrogen-bond donors (Lipinski definition) is 0. The molecular weight excluding hydrogens is 771 g/mol. The van der Waals surface area contributed by atoms with Crippen LogP contribution in [0.1, 0.15) is 0 Å². The van der Waals surface area contributed by atoms with E-state index >= 15 is 0 Å². The Bertz CT molecular complexity index is 3540. The molecule has 0 aliphatic heterocycles. The minimum atomic E-state index is 0.680. The third-order valence-corrected chi connectivity index (χ3v) is 11.9. The Morgan fingerprint density at radius 3 is 1.62 bits per heavy atom. The number of hydrogen-bond acceptors (Lipinski definition) is 5. The predicted octanol–water partition coefficient (Wildman–Crippen LogP) is 16.1. The van der Waals surface area contributed by atoms with E-state index in [0.29, 0.717) is 5.82 Å². The molecule has 0 saturated heterocycles. The van der Waals surface area contributed by atoms with Crippen LogP contribution in [0.4, 0.5) is 17.1 Å². The summed E-state index contributed by atoms with van der Waals surface area (Å²) in [7, 11) is 0. The van der Waals surface area contributed by atoms with Gasteiger partial charge in [0.25, 0.3) is 0 Å². The minimum Gasteiger partial charge on any atom is -0.456 e. The molecule has 0 radical (unpaired) electrons. The first-order chi connectivity index (χ1) is 31.2. The van der Waals surface area contributed by atoms with Crippen molar-refractivity contribution in [3.8, 4) is 56.2 Å². The quantitative estimate of drug-likeness (QED) is 0.153. The molecule has 0 unspecified atom stereocenters. The van der Waals surface area contributed by atoms with E-state index in [1.165, 1.54) is 5.56 Å². The predicted molar refractivity (Wildman–Crippen MR) is 258 cm³/mol. The first-order valence-corrected chi connectivity index (χ1v) is 21.1. The molecule has 3 heterocycles. The normalized spacial score (nSPS) is 11.5. The highest BCUT2D eigenvalue weighted by atomic mass is 16.3. The van der Waals surface area contributed by atoms with Crippen molar-refractivity contribution in [1.29, 1.82) is 0 Å². The van der Waals surface area contributed by atoms with E-state index in [0.717, 1.165) is 106 Å². The summed E-state index contributed by atoms with van der Waals surface area (Å²) in [5.41, 5.74) is 15.6. The lowest BCUT2D eigenvalue weighted by Gasteiger charge is -2.26. The molecule has 0 amide bonds. The molecule has 0 saturated carbocycles. The fourth-order valence-corrected chi connectivity index (χ4v) is 8.85. The number of nitrogens with zero attached hydrogens (tertiary/aromatic N) is 3. The van der Waals surface area contributed by atoms with Gasteiger partial charge in [-0.15, -0.1) is 0 Å². The number of fused-ring (bicyclic) bond motifs is 6. The molecule has 0 bridgehead atoms. The fourth-order valence-electron chi connectivity index (χ4n) is 8.85. The number of aromatic nitrogens is 2. The van der Waals surface area contributed by atoms with Gasteiger partial charge in [-0.1, -0.05) is 164 Å². The smallest absolute Gasteiger partial charge is 0.160 e. The molecule has 12 rings (SSSR count). The van der Waals surface area contributed by atoms with Crippen LogP contribution in [-0.4, -0.2) is 9.97 Å². The second-order valence-corrected chi connectivity index (χ2v) is 15.7. The molecule has 0 aliphatic carbocycles. The number of furan rings is 2. The van der Waals surface area contributed by atoms with Crippen LogP contribution in [0.2, 0.25) is 0 Å². The monoisotopic (exact) mass is 807 g/mol. The van der Waals surface area contributed by atoms with Gasteiger partial charge in [0.15, 0.2) is 11.4 Å². The van der Waals surface area contributed by atoms with E-state index in [9.17, 15) is 0 Å². The van der Waals surface area contributed by atoms with E-state index in [-0.39, 0.29) is 0 Å². The summed E-state index contributed by atoms with van der Waals surface area (Å²) >= 11 is 0. The van der Waals surface area contributed by atoms with Crippen LogP contribution in [-0.2, 0) is 0 Å². The van der Waals surface area contributed by atoms with Gasteiger partial charge in [-0.25, -0.2) is 9.97 Å². The van der Waals surface area contributed by atoms with E-state index in [1.54, 1.807) is 0 Å². The lowest BCUT2D eigenvalue weighted by atomic mass is 9.99. The van der Waals surface area contributed by atoms with Crippen molar-refractivity contribution in [2.45, 2.75) is 0 Å². The second kappa shape index (κ2) is 15.2. The molecule has 0 fully saturated rings. The van der Waals surface area contributed by atoms with Gasteiger partial charge in [-0.05, 0) is 82.9 Å². The van der Waals surface area contributed by atoms with Gasteiger partial charge in [0.1, 0.15) is 16.7 Å². The zero-order valence-electron chi connectivity index (χ0n) is 34.0. The Labute approximate surface area is 363 Å². The second-order valence-electron chi connectivity index (χ2n) is 15.7. The summed E-state index contributed by atoms with van der Waals surface area (Å²) in [6.07, 6.45) is 0. The maximum atomic E-state index is 6.63. The number of rotatable bonds is 8. The van der Waals surface area contributed by atoms with Gasteiger partial charge >= 0.3 is 0 Å². The summed E-state index contributed by atoms with van der Waals surface area (Å²) < 4.78 is 13.2. The Balaban J connectivity index is 0.938. The van der Waals surface area contributed by atoms with Gasteiger partial charge in [-0.2, -0.15) is 0 Å². The first kappa shape index (κ1) is 36.3. The number of anilines is 3. The van der Waals surface area contributed by atoms with Crippen LogP contribution < -0.4 is 4.90 Å². The fraction of sp³-hybridized carbons (Fsp3) is 0. The maximum absolute atomic E-state index is 6.63. The van der Waals surface area contributed by atoms with Gasteiger partial charge in [0, 0.05) is 49.6 Å². The molecule has 5 heteroatoms. The van der Waals surface area contributed by atoms with Crippen LogP contribution in [0.5, 0.6) is 0 Å². The Hall–Kier alpha value is -8.54. The standard InChI is InChI=1S/C58H37N3O2/c1-4-14-38(15-5-1)39-26-31-44(32-27-39)61(52-23-12-21-47-46-20-10-11-24-53(46)63-57(47)52)45-33-28-40(29-34-45)43-30-35-49-55(36-43)62-54-25-13-22-48(56(49)54)51-37-50(41-16-6-2-7-17-41)59-58(60-51)42-18-8-3-9-19-42/h1-37H. The van der Waals surface area contributed by atoms with Crippen LogP contribution >= 0.6 is 0 Å². The molecular formula is C58H37N3O2. The topological polar surface area (TPSA) is 55.3 Å². The van der Waals surface area contributed by atoms with Crippen molar-refractivity contribution in [1.82, 2.24) is 9.97 Å². The van der Waals surface area contributed by atoms with Gasteiger partial charge in [-0.3, -0.25) is 0 Å². The van der Waals surface area contributed by atoms with Crippen molar-refractivity contribution >= 4 is 60.9 Å². The average molecular weight is 808 g/mol. The Morgan fingerprint density at radius 1 is 0.333 bits per heavy atom. The Morgan fingerprint density at radius 2 is 0.889 bits per heavy atom. The molecule has 5 nitrogen and oxygen atoms in total. The van der Waals surface area contributed by atoms with Crippen molar-refractivity contribution in [2.75, 3.05) is 4.90 Å². The SMILES string of the molecule is c1ccc(-c2ccc(N(c3ccc(-c4ccc5c(c4)oc4cccc(-c6cc(-c7ccccc7)nc(-c7ccccc7)n6)c45)cc3)c3cccc4c3oc3ccccc34)cc2)cc1. The summed E-state index contributed by atoms with van der Waals surface area (Å²) in [4.78, 5) is 12.5. The van der Waals surface area contributed by atoms with E-state index in [4.69, 9.17) is 18.8 Å². The van der Waals surface area contributed by atoms with Crippen LogP contribution in [0, 0.1) is 0 Å². The lowest BCUT2D eigenvalue weighted by molar-refractivity contribution is 0.668. The highest BCUT2D eigenvalue weighted by molar-refractivity contribution is 6.13. The molecule has 12 aromatic rings. The number of para-hydroxylation sites is 2. The molecule has 3 aromatic heterocycles. The summed E-state index contributed by atoms with van der Waals surface area (Å²) in [5.74, 6) is 0.680. The van der Waals surface area contributed by atoms with Crippen molar-refractivity contribution < 1.29 is 8.83 Å². The third-order valence-electron chi connectivity index (χ3n) is 11.9. The van der Waals surface area contributed by atoms with Gasteiger partial charge < -0.3 is 13.7 Å². The molecule has 0 spiro atoms. The Kier molecular flexibility index (Phi) is 8.75. The summed E-state index contributed by atoms with van der Waals surface area (Å²) in [6, 6.07) is 77.8. The van der Waals surface area contributed by atoms with Crippen LogP contribution in [0.15, 0.2) is 233 Å². The molecule has 63 heavy (non-hydrogen) atoms. The maximum Gasteiger partial charge on any atom is 0.160 e. The molecule has 0 atom stereocenters. The van der Waals surface area contributed by atoms with E-state index in [1.807, 2.05) is 66.7 Å². The molecule has 0 aliphatic rings. The van der Waals surface area contributed by atoms with Gasteiger partial charge in [0.05, 0.1) is 17.1 Å². The molecule has 9 aromatic carbocycles. The number of benzene rings is 9. The highest BCUT2D eigenvalue weighted by Crippen LogP contribution is 2.44. The van der Waals surface area contributed by atoms with Crippen molar-refractivity contribution in [2.24, 2.45) is 0 Å². The largest absolute Gasteiger partial charge is 0.456 e. The minimum absolute atomic E-state index is 0.680. The molecule has 0 N–H and O–H groups in total. The average Bonchev–Trinajstić information content (AvgIpc) is 3.94. The lowest BCUT2D eigenvalue weighted by Crippen LogP contribution is -2.10. The van der Waals surface area contributed by atoms with E-state index in [2.05, 4.69) is 163 Å².